The number of rotatable bonds is 3. The minimum Gasteiger partial charge on any atom is -0.355 e. The zero-order valence-corrected chi connectivity index (χ0v) is 14.6. The van der Waals surface area contributed by atoms with E-state index in [-0.39, 0.29) is 11.7 Å². The van der Waals surface area contributed by atoms with Crippen molar-refractivity contribution in [2.45, 2.75) is 20.3 Å². The van der Waals surface area contributed by atoms with Crippen LogP contribution in [0.5, 0.6) is 0 Å². The fraction of sp³-hybridized carbons (Fsp3) is 0.368. The lowest BCUT2D eigenvalue weighted by molar-refractivity contribution is -0.128. The first kappa shape index (κ1) is 17.1. The Morgan fingerprint density at radius 1 is 1.04 bits per heavy atom. The summed E-state index contributed by atoms with van der Waals surface area (Å²) in [6.07, 6.45) is 2.56. The second kappa shape index (κ2) is 7.42. The average molecular weight is 338 g/mol. The third-order valence-electron chi connectivity index (χ3n) is 4.48. The van der Waals surface area contributed by atoms with Gasteiger partial charge in [0.15, 0.2) is 0 Å². The van der Waals surface area contributed by atoms with E-state index in [0.717, 1.165) is 31.9 Å². The molecule has 130 valence electrons. The zero-order valence-electron chi connectivity index (χ0n) is 14.6. The molecule has 25 heavy (non-hydrogen) atoms. The van der Waals surface area contributed by atoms with Crippen LogP contribution in [0, 0.1) is 6.92 Å². The molecule has 2 aromatic rings. The standard InChI is InChI=1S/C19H22N4O2/c1-14-16(6-4-9-20-14)19(25)17-7-3-8-18(21-17)23-11-5-10-22(12-13-23)15(2)24/h3-4,6-9H,5,10-13H2,1-2H3. The number of pyridine rings is 2. The van der Waals surface area contributed by atoms with Gasteiger partial charge in [-0.05, 0) is 37.6 Å². The number of carbonyl (C=O) groups excluding carboxylic acids is 2. The third kappa shape index (κ3) is 3.84. The van der Waals surface area contributed by atoms with Gasteiger partial charge in [-0.1, -0.05) is 6.07 Å². The van der Waals surface area contributed by atoms with Gasteiger partial charge in [0, 0.05) is 50.6 Å². The van der Waals surface area contributed by atoms with Crippen LogP contribution in [0.15, 0.2) is 36.5 Å². The number of anilines is 1. The van der Waals surface area contributed by atoms with Crippen LogP contribution in [-0.4, -0.2) is 52.7 Å². The smallest absolute Gasteiger partial charge is 0.219 e. The summed E-state index contributed by atoms with van der Waals surface area (Å²) in [6.45, 7) is 6.40. The lowest BCUT2D eigenvalue weighted by atomic mass is 10.1. The Balaban J connectivity index is 1.81. The molecule has 0 aromatic carbocycles. The predicted molar refractivity (Wildman–Crippen MR) is 95.7 cm³/mol. The van der Waals surface area contributed by atoms with Crippen LogP contribution in [0.3, 0.4) is 0 Å². The van der Waals surface area contributed by atoms with Gasteiger partial charge in [0.1, 0.15) is 11.5 Å². The van der Waals surface area contributed by atoms with Crippen molar-refractivity contribution in [1.82, 2.24) is 14.9 Å². The van der Waals surface area contributed by atoms with Crippen molar-refractivity contribution in [2.24, 2.45) is 0 Å². The summed E-state index contributed by atoms with van der Waals surface area (Å²) in [7, 11) is 0. The number of aromatic nitrogens is 2. The van der Waals surface area contributed by atoms with Crippen molar-refractivity contribution in [1.29, 1.82) is 0 Å². The maximum atomic E-state index is 12.7. The summed E-state index contributed by atoms with van der Waals surface area (Å²) in [5, 5.41) is 0. The lowest BCUT2D eigenvalue weighted by Gasteiger charge is -2.22. The fourth-order valence-electron chi connectivity index (χ4n) is 3.05. The predicted octanol–water partition coefficient (Wildman–Crippen LogP) is 2.07. The van der Waals surface area contributed by atoms with Crippen molar-refractivity contribution in [2.75, 3.05) is 31.1 Å². The maximum Gasteiger partial charge on any atom is 0.219 e. The summed E-state index contributed by atoms with van der Waals surface area (Å²) in [4.78, 5) is 37.0. The molecule has 0 atom stereocenters. The fourth-order valence-corrected chi connectivity index (χ4v) is 3.05. The molecule has 1 amide bonds. The SMILES string of the molecule is CC(=O)N1CCCN(c2cccc(C(=O)c3cccnc3C)n2)CC1. The summed E-state index contributed by atoms with van der Waals surface area (Å²) in [5.41, 5.74) is 1.69. The van der Waals surface area contributed by atoms with Gasteiger partial charge in [-0.25, -0.2) is 4.98 Å². The highest BCUT2D eigenvalue weighted by molar-refractivity contribution is 6.08. The van der Waals surface area contributed by atoms with Crippen molar-refractivity contribution < 1.29 is 9.59 Å². The summed E-state index contributed by atoms with van der Waals surface area (Å²) < 4.78 is 0. The maximum absolute atomic E-state index is 12.7. The minimum atomic E-state index is -0.118. The van der Waals surface area contributed by atoms with Gasteiger partial charge < -0.3 is 9.80 Å². The summed E-state index contributed by atoms with van der Waals surface area (Å²) in [5.74, 6) is 0.760. The van der Waals surface area contributed by atoms with E-state index >= 15 is 0 Å². The quantitative estimate of drug-likeness (QED) is 0.802. The van der Waals surface area contributed by atoms with Gasteiger partial charge >= 0.3 is 0 Å². The van der Waals surface area contributed by atoms with Gasteiger partial charge in [0.2, 0.25) is 11.7 Å². The van der Waals surface area contributed by atoms with Gasteiger partial charge in [-0.2, -0.15) is 0 Å². The van der Waals surface area contributed by atoms with E-state index in [4.69, 9.17) is 0 Å². The molecule has 0 saturated carbocycles. The highest BCUT2D eigenvalue weighted by Gasteiger charge is 2.19. The molecule has 1 aliphatic rings. The number of aryl methyl sites for hydroxylation is 1. The van der Waals surface area contributed by atoms with Crippen molar-refractivity contribution >= 4 is 17.5 Å². The highest BCUT2D eigenvalue weighted by Crippen LogP contribution is 2.17. The highest BCUT2D eigenvalue weighted by atomic mass is 16.2. The third-order valence-corrected chi connectivity index (χ3v) is 4.48. The van der Waals surface area contributed by atoms with Crippen molar-refractivity contribution in [3.05, 3.63) is 53.5 Å². The normalized spacial score (nSPS) is 15.0. The minimum absolute atomic E-state index is 0.103. The molecule has 1 aliphatic heterocycles. The number of hydrogen-bond acceptors (Lipinski definition) is 5. The number of carbonyl (C=O) groups is 2. The van der Waals surface area contributed by atoms with Gasteiger partial charge in [-0.15, -0.1) is 0 Å². The van der Waals surface area contributed by atoms with E-state index in [1.54, 1.807) is 31.3 Å². The second-order valence-corrected chi connectivity index (χ2v) is 6.19. The topological polar surface area (TPSA) is 66.4 Å². The van der Waals surface area contributed by atoms with Gasteiger partial charge in [0.05, 0.1) is 0 Å². The molecule has 1 saturated heterocycles. The molecule has 0 aliphatic carbocycles. The monoisotopic (exact) mass is 338 g/mol. The van der Waals surface area contributed by atoms with Crippen molar-refractivity contribution in [3.63, 3.8) is 0 Å². The Labute approximate surface area is 147 Å². The van der Waals surface area contributed by atoms with Crippen LogP contribution in [0.25, 0.3) is 0 Å². The first-order chi connectivity index (χ1) is 12.1. The summed E-state index contributed by atoms with van der Waals surface area (Å²) in [6, 6.07) is 9.04. The molecule has 0 bridgehead atoms. The van der Waals surface area contributed by atoms with E-state index in [1.165, 1.54) is 0 Å². The van der Waals surface area contributed by atoms with E-state index in [1.807, 2.05) is 24.0 Å². The average Bonchev–Trinajstić information content (AvgIpc) is 2.88. The lowest BCUT2D eigenvalue weighted by Crippen LogP contribution is -2.34. The Kier molecular flexibility index (Phi) is 5.07. The number of ketones is 1. The number of nitrogens with zero attached hydrogens (tertiary/aromatic N) is 4. The van der Waals surface area contributed by atoms with E-state index in [9.17, 15) is 9.59 Å². The van der Waals surface area contributed by atoms with E-state index in [0.29, 0.717) is 23.5 Å². The molecule has 2 aromatic heterocycles. The molecular weight excluding hydrogens is 316 g/mol. The molecule has 0 spiro atoms. The molecule has 0 unspecified atom stereocenters. The largest absolute Gasteiger partial charge is 0.355 e. The second-order valence-electron chi connectivity index (χ2n) is 6.19. The molecule has 0 N–H and O–H groups in total. The summed E-state index contributed by atoms with van der Waals surface area (Å²) >= 11 is 0. The van der Waals surface area contributed by atoms with Crippen LogP contribution < -0.4 is 4.90 Å². The molecule has 0 radical (unpaired) electrons. The Morgan fingerprint density at radius 2 is 1.88 bits per heavy atom. The van der Waals surface area contributed by atoms with E-state index in [2.05, 4.69) is 14.9 Å². The number of hydrogen-bond donors (Lipinski definition) is 0. The molecule has 1 fully saturated rings. The molecule has 6 nitrogen and oxygen atoms in total. The van der Waals surface area contributed by atoms with Crippen molar-refractivity contribution in [3.8, 4) is 0 Å². The number of amides is 1. The van der Waals surface area contributed by atoms with Crippen LogP contribution in [0.2, 0.25) is 0 Å². The molecule has 3 heterocycles. The van der Waals surface area contributed by atoms with E-state index < -0.39 is 0 Å². The van der Waals surface area contributed by atoms with Crippen LogP contribution in [-0.2, 0) is 4.79 Å². The zero-order chi connectivity index (χ0) is 17.8. The Hall–Kier alpha value is -2.76. The Bertz CT molecular complexity index is 790. The molecule has 6 heteroatoms. The van der Waals surface area contributed by atoms with Crippen LogP contribution in [0.4, 0.5) is 5.82 Å². The molecular formula is C19H22N4O2. The Morgan fingerprint density at radius 3 is 2.64 bits per heavy atom. The van der Waals surface area contributed by atoms with Gasteiger partial charge in [0.25, 0.3) is 0 Å². The first-order valence-corrected chi connectivity index (χ1v) is 8.50. The van der Waals surface area contributed by atoms with Crippen LogP contribution >= 0.6 is 0 Å². The van der Waals surface area contributed by atoms with Crippen LogP contribution in [0.1, 0.15) is 35.1 Å². The van der Waals surface area contributed by atoms with Gasteiger partial charge in [-0.3, -0.25) is 14.6 Å². The molecule has 3 rings (SSSR count). The first-order valence-electron chi connectivity index (χ1n) is 8.50.